The number of benzene rings is 2. The summed E-state index contributed by atoms with van der Waals surface area (Å²) in [7, 11) is 0. The fourth-order valence-electron chi connectivity index (χ4n) is 2.50. The first-order chi connectivity index (χ1) is 12.1. The molecule has 2 aromatic carbocycles. The Kier molecular flexibility index (Phi) is 6.19. The van der Waals surface area contributed by atoms with Crippen LogP contribution in [0.1, 0.15) is 25.0 Å². The summed E-state index contributed by atoms with van der Waals surface area (Å²) in [6.45, 7) is 4.12. The summed E-state index contributed by atoms with van der Waals surface area (Å²) in [6, 6.07) is 14.1. The molecule has 2 rings (SSSR count). The van der Waals surface area contributed by atoms with E-state index in [1.807, 2.05) is 24.3 Å². The third-order valence-electron chi connectivity index (χ3n) is 3.83. The second-order valence-electron chi connectivity index (χ2n) is 5.48. The van der Waals surface area contributed by atoms with Crippen LogP contribution in [0, 0.1) is 11.3 Å². The van der Waals surface area contributed by atoms with Crippen LogP contribution in [-0.2, 0) is 17.6 Å². The van der Waals surface area contributed by atoms with E-state index in [-0.39, 0.29) is 11.3 Å². The van der Waals surface area contributed by atoms with Gasteiger partial charge in [-0.2, -0.15) is 5.26 Å². The van der Waals surface area contributed by atoms with E-state index in [9.17, 15) is 15.2 Å². The largest absolute Gasteiger partial charge is 0.508 e. The van der Waals surface area contributed by atoms with Crippen molar-refractivity contribution >= 4 is 17.3 Å². The second kappa shape index (κ2) is 8.55. The van der Waals surface area contributed by atoms with Gasteiger partial charge in [-0.3, -0.25) is 4.79 Å². The number of nitrogens with one attached hydrogen (secondary N) is 2. The van der Waals surface area contributed by atoms with Gasteiger partial charge in [0, 0.05) is 23.6 Å². The maximum absolute atomic E-state index is 12.3. The van der Waals surface area contributed by atoms with Crippen molar-refractivity contribution in [2.45, 2.75) is 26.7 Å². The normalized spacial score (nSPS) is 10.8. The van der Waals surface area contributed by atoms with Crippen molar-refractivity contribution in [2.24, 2.45) is 0 Å². The van der Waals surface area contributed by atoms with E-state index in [4.69, 9.17) is 0 Å². The Morgan fingerprint density at radius 1 is 1.16 bits per heavy atom. The van der Waals surface area contributed by atoms with Crippen LogP contribution in [0.25, 0.3) is 0 Å². The van der Waals surface area contributed by atoms with Crippen LogP contribution < -0.4 is 10.6 Å². The fourth-order valence-corrected chi connectivity index (χ4v) is 2.50. The Balaban J connectivity index is 2.21. The lowest BCUT2D eigenvalue weighted by atomic mass is 10.0. The van der Waals surface area contributed by atoms with E-state index >= 15 is 0 Å². The molecule has 0 radical (unpaired) electrons. The maximum Gasteiger partial charge on any atom is 0.267 e. The van der Waals surface area contributed by atoms with Gasteiger partial charge in [0.15, 0.2) is 0 Å². The molecular weight excluding hydrogens is 314 g/mol. The van der Waals surface area contributed by atoms with Gasteiger partial charge in [0.05, 0.1) is 0 Å². The number of rotatable bonds is 6. The molecule has 0 aliphatic carbocycles. The van der Waals surface area contributed by atoms with E-state index in [1.165, 1.54) is 18.3 Å². The smallest absolute Gasteiger partial charge is 0.267 e. The first-order valence-electron chi connectivity index (χ1n) is 8.17. The molecule has 0 fully saturated rings. The lowest BCUT2D eigenvalue weighted by Crippen LogP contribution is -2.14. The summed E-state index contributed by atoms with van der Waals surface area (Å²) < 4.78 is 0. The van der Waals surface area contributed by atoms with Crippen molar-refractivity contribution in [1.29, 1.82) is 5.26 Å². The van der Waals surface area contributed by atoms with Crippen LogP contribution in [-0.4, -0.2) is 11.0 Å². The molecule has 0 saturated carbocycles. The number of aromatic hydroxyl groups is 1. The van der Waals surface area contributed by atoms with Crippen LogP contribution in [0.15, 0.2) is 54.2 Å². The van der Waals surface area contributed by atoms with Gasteiger partial charge in [0.2, 0.25) is 0 Å². The molecule has 0 unspecified atom stereocenters. The summed E-state index contributed by atoms with van der Waals surface area (Å²) in [5, 5.41) is 24.5. The van der Waals surface area contributed by atoms with Crippen molar-refractivity contribution in [3.8, 4) is 11.8 Å². The zero-order valence-corrected chi connectivity index (χ0v) is 14.3. The lowest BCUT2D eigenvalue weighted by Gasteiger charge is -2.13. The van der Waals surface area contributed by atoms with Crippen molar-refractivity contribution in [3.05, 3.63) is 65.4 Å². The molecule has 5 heteroatoms. The van der Waals surface area contributed by atoms with Gasteiger partial charge >= 0.3 is 0 Å². The van der Waals surface area contributed by atoms with E-state index < -0.39 is 5.91 Å². The highest BCUT2D eigenvalue weighted by Gasteiger charge is 2.11. The molecule has 25 heavy (non-hydrogen) atoms. The minimum Gasteiger partial charge on any atom is -0.508 e. The zero-order chi connectivity index (χ0) is 18.2. The molecular formula is C20H21N3O2. The number of hydrogen-bond acceptors (Lipinski definition) is 4. The summed E-state index contributed by atoms with van der Waals surface area (Å²) in [6.07, 6.45) is 3.12. The van der Waals surface area contributed by atoms with Gasteiger partial charge in [0.25, 0.3) is 5.91 Å². The minimum absolute atomic E-state index is 0.0443. The molecule has 0 atom stereocenters. The zero-order valence-electron chi connectivity index (χ0n) is 14.3. The second-order valence-corrected chi connectivity index (χ2v) is 5.48. The highest BCUT2D eigenvalue weighted by molar-refractivity contribution is 6.06. The molecule has 2 aromatic rings. The standard InChI is InChI=1S/C20H21N3O2/c1-3-14-7-5-8-15(4-2)19(14)22-13-16(12-21)20(25)23-17-9-6-10-18(24)11-17/h5-11,13,22,24H,3-4H2,1-2H3,(H,23,25)/b16-13-. The van der Waals surface area contributed by atoms with Crippen molar-refractivity contribution < 1.29 is 9.90 Å². The molecule has 0 spiro atoms. The van der Waals surface area contributed by atoms with Crippen molar-refractivity contribution in [3.63, 3.8) is 0 Å². The van der Waals surface area contributed by atoms with E-state index in [1.54, 1.807) is 12.1 Å². The summed E-state index contributed by atoms with van der Waals surface area (Å²) in [5.74, 6) is -0.490. The highest BCUT2D eigenvalue weighted by atomic mass is 16.3. The number of nitriles is 1. The average Bonchev–Trinajstić information content (AvgIpc) is 2.62. The van der Waals surface area contributed by atoms with Gasteiger partial charge in [-0.05, 0) is 36.1 Å². The quantitative estimate of drug-likeness (QED) is 0.551. The van der Waals surface area contributed by atoms with Gasteiger partial charge in [-0.15, -0.1) is 0 Å². The van der Waals surface area contributed by atoms with Crippen LogP contribution in [0.2, 0.25) is 0 Å². The third-order valence-corrected chi connectivity index (χ3v) is 3.83. The highest BCUT2D eigenvalue weighted by Crippen LogP contribution is 2.23. The molecule has 0 aliphatic rings. The van der Waals surface area contributed by atoms with Gasteiger partial charge < -0.3 is 15.7 Å². The first-order valence-corrected chi connectivity index (χ1v) is 8.17. The number of hydrogen-bond donors (Lipinski definition) is 3. The van der Waals surface area contributed by atoms with Crippen LogP contribution >= 0.6 is 0 Å². The maximum atomic E-state index is 12.3. The number of phenols is 1. The molecule has 0 heterocycles. The molecule has 0 aromatic heterocycles. The number of nitrogens with zero attached hydrogens (tertiary/aromatic N) is 1. The SMILES string of the molecule is CCc1cccc(CC)c1N/C=C(/C#N)C(=O)Nc1cccc(O)c1. The van der Waals surface area contributed by atoms with E-state index in [0.717, 1.165) is 29.7 Å². The van der Waals surface area contributed by atoms with E-state index in [2.05, 4.69) is 24.5 Å². The van der Waals surface area contributed by atoms with Gasteiger partial charge in [-0.1, -0.05) is 38.1 Å². The number of phenolic OH excluding ortho intramolecular Hbond substituents is 1. The Hall–Kier alpha value is -3.26. The molecule has 128 valence electrons. The fraction of sp³-hybridized carbons (Fsp3) is 0.200. The van der Waals surface area contributed by atoms with E-state index in [0.29, 0.717) is 5.69 Å². The molecule has 0 aliphatic heterocycles. The van der Waals surface area contributed by atoms with Crippen molar-refractivity contribution in [1.82, 2.24) is 0 Å². The number of aryl methyl sites for hydroxylation is 2. The third kappa shape index (κ3) is 4.61. The Bertz CT molecular complexity index is 813. The Morgan fingerprint density at radius 3 is 2.36 bits per heavy atom. The Morgan fingerprint density at radius 2 is 1.80 bits per heavy atom. The minimum atomic E-state index is -0.535. The lowest BCUT2D eigenvalue weighted by molar-refractivity contribution is -0.112. The monoisotopic (exact) mass is 335 g/mol. The molecule has 0 saturated heterocycles. The summed E-state index contributed by atoms with van der Waals surface area (Å²) in [5.41, 5.74) is 3.57. The molecule has 0 bridgehead atoms. The van der Waals surface area contributed by atoms with Crippen LogP contribution in [0.5, 0.6) is 5.75 Å². The predicted molar refractivity (Wildman–Crippen MR) is 99.3 cm³/mol. The molecule has 5 nitrogen and oxygen atoms in total. The summed E-state index contributed by atoms with van der Waals surface area (Å²) >= 11 is 0. The topological polar surface area (TPSA) is 85.2 Å². The molecule has 1 amide bonds. The predicted octanol–water partition coefficient (Wildman–Crippen LogP) is 3.98. The number of carbonyl (C=O) groups excluding carboxylic acids is 1. The Labute approximate surface area is 147 Å². The van der Waals surface area contributed by atoms with Crippen LogP contribution in [0.3, 0.4) is 0 Å². The number of anilines is 2. The number of carbonyl (C=O) groups is 1. The first kappa shape index (κ1) is 18.1. The number of para-hydroxylation sites is 1. The van der Waals surface area contributed by atoms with Crippen LogP contribution in [0.4, 0.5) is 11.4 Å². The van der Waals surface area contributed by atoms with Crippen molar-refractivity contribution in [2.75, 3.05) is 10.6 Å². The van der Waals surface area contributed by atoms with Gasteiger partial charge in [-0.25, -0.2) is 0 Å². The van der Waals surface area contributed by atoms with Gasteiger partial charge in [0.1, 0.15) is 17.4 Å². The summed E-state index contributed by atoms with van der Waals surface area (Å²) in [4.78, 5) is 12.3. The number of amides is 1. The average molecular weight is 335 g/mol. The molecule has 3 N–H and O–H groups in total.